The number of aliphatic hydroxyl groups is 4. The number of nitrogen functional groups attached to an aromatic ring is 2. The lowest BCUT2D eigenvalue weighted by Gasteiger charge is -2.40. The Kier molecular flexibility index (Phi) is 5.32. The first-order chi connectivity index (χ1) is 18.0. The Hall–Kier alpha value is -3.94. The summed E-state index contributed by atoms with van der Waals surface area (Å²) in [5.74, 6) is -0.418. The molecule has 38 heavy (non-hydrogen) atoms. The third kappa shape index (κ3) is 3.28. The first-order valence-corrected chi connectivity index (χ1v) is 11.5. The summed E-state index contributed by atoms with van der Waals surface area (Å²) in [4.78, 5) is 45.4. The van der Waals surface area contributed by atoms with Gasteiger partial charge in [-0.2, -0.15) is 9.97 Å². The van der Waals surface area contributed by atoms with Gasteiger partial charge in [0.2, 0.25) is 17.6 Å². The van der Waals surface area contributed by atoms with E-state index in [0.29, 0.717) is 0 Å². The number of nitrogens with two attached hydrogens (primary N) is 2. The molecule has 2 aliphatic rings. The quantitative estimate of drug-likeness (QED) is 0.125. The Morgan fingerprint density at radius 2 is 1.66 bits per heavy atom. The molecule has 2 aliphatic heterocycles. The summed E-state index contributed by atoms with van der Waals surface area (Å²) in [6.45, 7) is 1.47. The van der Waals surface area contributed by atoms with Gasteiger partial charge in [-0.05, 0) is 6.92 Å². The van der Waals surface area contributed by atoms with Crippen LogP contribution in [0.4, 0.5) is 11.9 Å². The molecule has 2 saturated heterocycles. The molecule has 0 aromatic carbocycles. The van der Waals surface area contributed by atoms with Crippen molar-refractivity contribution >= 4 is 34.2 Å². The van der Waals surface area contributed by atoms with Crippen molar-refractivity contribution in [1.29, 1.82) is 0 Å². The molecule has 0 spiro atoms. The topological polar surface area (TPSA) is 279 Å². The molecule has 18 nitrogen and oxygen atoms in total. The number of imidazole rings is 2. The number of hydrogen-bond donors (Lipinski definition) is 8. The Labute approximate surface area is 210 Å². The van der Waals surface area contributed by atoms with E-state index >= 15 is 0 Å². The normalized spacial score (nSPS) is 32.4. The van der Waals surface area contributed by atoms with Gasteiger partial charge in [0.1, 0.15) is 30.6 Å². The molecule has 18 heteroatoms. The number of ether oxygens (including phenoxy) is 2. The van der Waals surface area contributed by atoms with Crippen molar-refractivity contribution in [2.24, 2.45) is 0 Å². The highest BCUT2D eigenvalue weighted by molar-refractivity contribution is 5.71. The first-order valence-electron chi connectivity index (χ1n) is 11.5. The van der Waals surface area contributed by atoms with Crippen molar-refractivity contribution < 1.29 is 29.9 Å². The number of nitrogens with zero attached hydrogens (tertiary/aromatic N) is 6. The predicted molar refractivity (Wildman–Crippen MR) is 126 cm³/mol. The minimum absolute atomic E-state index is 0.0111. The fourth-order valence-corrected chi connectivity index (χ4v) is 5.23. The van der Waals surface area contributed by atoms with E-state index in [4.69, 9.17) is 20.9 Å². The van der Waals surface area contributed by atoms with E-state index in [1.807, 2.05) is 0 Å². The summed E-state index contributed by atoms with van der Waals surface area (Å²) in [5, 5.41) is 44.4. The second-order valence-corrected chi connectivity index (χ2v) is 9.33. The maximum absolute atomic E-state index is 12.4. The molecular formula is C20H24N10O8. The van der Waals surface area contributed by atoms with E-state index in [9.17, 15) is 30.0 Å². The SMILES string of the molecule is C[C@H]1O[C@@](C(O)[C@H]2O[C@@H](n3cnc4c(=O)[nH]c(N)nc43)C[C@@H]2O)(n2cnc3c(=O)[nH]c(N)nc32)[C@H](O)[C@@H]1O. The highest BCUT2D eigenvalue weighted by atomic mass is 16.6. The second kappa shape index (κ2) is 8.28. The number of aliphatic hydroxyl groups excluding tert-OH is 4. The molecule has 0 amide bonds. The number of fused-ring (bicyclic) bond motifs is 2. The van der Waals surface area contributed by atoms with Gasteiger partial charge >= 0.3 is 0 Å². The van der Waals surface area contributed by atoms with Crippen LogP contribution in [-0.4, -0.2) is 96.1 Å². The van der Waals surface area contributed by atoms with Gasteiger partial charge in [-0.1, -0.05) is 0 Å². The Bertz CT molecular complexity index is 1660. The Morgan fingerprint density at radius 1 is 1.05 bits per heavy atom. The number of hydrogen-bond acceptors (Lipinski definition) is 14. The molecule has 8 atom stereocenters. The van der Waals surface area contributed by atoms with E-state index in [0.717, 1.165) is 10.9 Å². The molecule has 6 heterocycles. The number of anilines is 2. The van der Waals surface area contributed by atoms with Gasteiger partial charge in [0.25, 0.3) is 11.1 Å². The summed E-state index contributed by atoms with van der Waals surface area (Å²) in [6.07, 6.45) is -7.52. The molecule has 4 aromatic heterocycles. The minimum Gasteiger partial charge on any atom is -0.390 e. The van der Waals surface area contributed by atoms with Gasteiger partial charge in [-0.15, -0.1) is 0 Å². The van der Waals surface area contributed by atoms with Crippen LogP contribution in [0, 0.1) is 0 Å². The molecule has 0 bridgehead atoms. The van der Waals surface area contributed by atoms with Crippen LogP contribution in [0.3, 0.4) is 0 Å². The van der Waals surface area contributed by atoms with Crippen molar-refractivity contribution in [3.63, 3.8) is 0 Å². The molecule has 0 aliphatic carbocycles. The van der Waals surface area contributed by atoms with Gasteiger partial charge in [0, 0.05) is 6.42 Å². The van der Waals surface area contributed by atoms with E-state index in [-0.39, 0.29) is 40.6 Å². The maximum Gasteiger partial charge on any atom is 0.280 e. The Morgan fingerprint density at radius 3 is 2.29 bits per heavy atom. The van der Waals surface area contributed by atoms with Gasteiger partial charge in [0.15, 0.2) is 22.3 Å². The maximum atomic E-state index is 12.4. The average Bonchev–Trinajstić information content (AvgIpc) is 3.61. The van der Waals surface area contributed by atoms with Gasteiger partial charge < -0.3 is 41.4 Å². The van der Waals surface area contributed by atoms with Gasteiger partial charge in [0.05, 0.1) is 24.9 Å². The third-order valence-corrected chi connectivity index (χ3v) is 7.04. The number of rotatable bonds is 4. The Balaban J connectivity index is 1.44. The smallest absolute Gasteiger partial charge is 0.280 e. The molecule has 6 rings (SSSR count). The molecule has 0 saturated carbocycles. The number of nitrogens with one attached hydrogen (secondary N) is 2. The molecule has 4 aromatic rings. The monoisotopic (exact) mass is 532 g/mol. The molecule has 1 unspecified atom stereocenters. The highest BCUT2D eigenvalue weighted by Crippen LogP contribution is 2.44. The number of aromatic nitrogens is 8. The van der Waals surface area contributed by atoms with Crippen LogP contribution in [0.15, 0.2) is 22.2 Å². The highest BCUT2D eigenvalue weighted by Gasteiger charge is 2.63. The summed E-state index contributed by atoms with van der Waals surface area (Å²) in [6, 6.07) is 0. The molecular weight excluding hydrogens is 508 g/mol. The standard InChI is InChI=1S/C20H24N10O8/c1-5-10(32)12(33)20(38-5,30-4-24-9-15(30)26-19(22)28-17(9)36)13(34)11-6(31)2-7(37-11)29-3-23-8-14(29)25-18(21)27-16(8)35/h3-7,10-13,31-34H,2H2,1H3,(H3,21,25,27,35)(H3,22,26,28,36)/t5-,6+,7-,10-,11+,12-,13?,20+/m1/s1. The van der Waals surface area contributed by atoms with Crippen LogP contribution in [0.1, 0.15) is 19.6 Å². The van der Waals surface area contributed by atoms with Crippen molar-refractivity contribution in [1.82, 2.24) is 39.0 Å². The van der Waals surface area contributed by atoms with Crippen LogP contribution < -0.4 is 22.6 Å². The van der Waals surface area contributed by atoms with Crippen LogP contribution in [0.2, 0.25) is 0 Å². The lowest BCUT2D eigenvalue weighted by Crippen LogP contribution is -2.59. The zero-order valence-corrected chi connectivity index (χ0v) is 19.7. The lowest BCUT2D eigenvalue weighted by molar-refractivity contribution is -0.238. The fraction of sp³-hybridized carbons (Fsp3) is 0.500. The van der Waals surface area contributed by atoms with Crippen LogP contribution in [0.25, 0.3) is 22.3 Å². The van der Waals surface area contributed by atoms with Crippen molar-refractivity contribution in [3.8, 4) is 0 Å². The lowest BCUT2D eigenvalue weighted by atomic mass is 9.91. The van der Waals surface area contributed by atoms with Gasteiger partial charge in [-0.3, -0.25) is 28.7 Å². The molecule has 0 radical (unpaired) electrons. The van der Waals surface area contributed by atoms with Crippen molar-refractivity contribution in [2.75, 3.05) is 11.5 Å². The second-order valence-electron chi connectivity index (χ2n) is 9.33. The molecule has 10 N–H and O–H groups in total. The summed E-state index contributed by atoms with van der Waals surface area (Å²) in [5.41, 5.74) is 7.68. The van der Waals surface area contributed by atoms with Crippen molar-refractivity contribution in [2.45, 2.75) is 61.9 Å². The first kappa shape index (κ1) is 24.4. The van der Waals surface area contributed by atoms with Crippen molar-refractivity contribution in [3.05, 3.63) is 33.4 Å². The molecule has 2 fully saturated rings. The molecule has 202 valence electrons. The van der Waals surface area contributed by atoms with Gasteiger partial charge in [-0.25, -0.2) is 9.97 Å². The fourth-order valence-electron chi connectivity index (χ4n) is 5.23. The summed E-state index contributed by atoms with van der Waals surface area (Å²) in [7, 11) is 0. The van der Waals surface area contributed by atoms with Crippen LogP contribution >= 0.6 is 0 Å². The van der Waals surface area contributed by atoms with E-state index < -0.39 is 59.7 Å². The zero-order valence-electron chi connectivity index (χ0n) is 19.7. The summed E-state index contributed by atoms with van der Waals surface area (Å²) < 4.78 is 14.4. The summed E-state index contributed by atoms with van der Waals surface area (Å²) >= 11 is 0. The minimum atomic E-state index is -2.21. The van der Waals surface area contributed by atoms with Crippen LogP contribution in [0.5, 0.6) is 0 Å². The predicted octanol–water partition coefficient (Wildman–Crippen LogP) is -3.78. The van der Waals surface area contributed by atoms with E-state index in [1.54, 1.807) is 0 Å². The third-order valence-electron chi connectivity index (χ3n) is 7.04. The largest absolute Gasteiger partial charge is 0.390 e. The number of aromatic amines is 2. The van der Waals surface area contributed by atoms with E-state index in [2.05, 4.69) is 29.9 Å². The average molecular weight is 532 g/mol. The van der Waals surface area contributed by atoms with E-state index in [1.165, 1.54) is 17.8 Å². The number of H-pyrrole nitrogens is 2. The van der Waals surface area contributed by atoms with Crippen LogP contribution in [-0.2, 0) is 15.2 Å². The zero-order chi connectivity index (χ0) is 27.1.